The number of hydrogen-bond donors (Lipinski definition) is 0. The molecule has 0 saturated heterocycles. The number of carbonyl (C=O) groups excluding carboxylic acids is 1. The van der Waals surface area contributed by atoms with Gasteiger partial charge in [0, 0.05) is 24.5 Å². The van der Waals surface area contributed by atoms with Crippen molar-refractivity contribution in [1.82, 2.24) is 19.7 Å². The van der Waals surface area contributed by atoms with Crippen molar-refractivity contribution in [3.8, 4) is 11.3 Å². The number of carbonyl (C=O) groups is 1. The van der Waals surface area contributed by atoms with Crippen molar-refractivity contribution >= 4 is 6.09 Å². The Morgan fingerprint density at radius 3 is 2.30 bits per heavy atom. The number of amides is 1. The van der Waals surface area contributed by atoms with Gasteiger partial charge in [0.05, 0.1) is 35.6 Å². The molecule has 12 heteroatoms. The second-order valence-corrected chi connectivity index (χ2v) is 7.38. The van der Waals surface area contributed by atoms with Crippen molar-refractivity contribution < 1.29 is 35.9 Å². The number of hydrogen-bond acceptors (Lipinski definition) is 4. The predicted molar refractivity (Wildman–Crippen MR) is 102 cm³/mol. The molecule has 1 aromatic carbocycles. The number of ether oxygens (including phenoxy) is 1. The van der Waals surface area contributed by atoms with Gasteiger partial charge in [-0.15, -0.1) is 0 Å². The van der Waals surface area contributed by atoms with E-state index in [0.29, 0.717) is 30.1 Å². The van der Waals surface area contributed by atoms with Gasteiger partial charge in [-0.3, -0.25) is 9.67 Å². The van der Waals surface area contributed by atoms with Crippen LogP contribution in [0, 0.1) is 0 Å². The number of nitrogens with zero attached hydrogens (tertiary/aromatic N) is 4. The topological polar surface area (TPSA) is 60.2 Å². The summed E-state index contributed by atoms with van der Waals surface area (Å²) in [5.41, 5.74) is -1.18. The van der Waals surface area contributed by atoms with Gasteiger partial charge in [-0.1, -0.05) is 0 Å². The van der Waals surface area contributed by atoms with Gasteiger partial charge in [-0.05, 0) is 42.0 Å². The van der Waals surface area contributed by atoms with E-state index < -0.39 is 41.7 Å². The molecule has 1 aliphatic heterocycles. The molecular formula is C21H16F6N4O2. The Balaban J connectivity index is 1.45. The van der Waals surface area contributed by atoms with Crippen LogP contribution in [0.3, 0.4) is 0 Å². The zero-order valence-electron chi connectivity index (χ0n) is 16.8. The lowest BCUT2D eigenvalue weighted by Gasteiger charge is -2.27. The number of halogens is 6. The minimum absolute atomic E-state index is 0.0248. The molecule has 0 spiro atoms. The Morgan fingerprint density at radius 1 is 1.00 bits per heavy atom. The first kappa shape index (κ1) is 22.6. The average Bonchev–Trinajstić information content (AvgIpc) is 3.20. The van der Waals surface area contributed by atoms with Crippen LogP contribution in [0.25, 0.3) is 11.3 Å². The van der Waals surface area contributed by atoms with Gasteiger partial charge in [0.15, 0.2) is 0 Å². The van der Waals surface area contributed by atoms with E-state index >= 15 is 0 Å². The number of benzene rings is 1. The molecule has 0 atom stereocenters. The Morgan fingerprint density at radius 2 is 1.70 bits per heavy atom. The van der Waals surface area contributed by atoms with Gasteiger partial charge in [0.1, 0.15) is 6.61 Å². The van der Waals surface area contributed by atoms with E-state index in [2.05, 4.69) is 10.1 Å². The van der Waals surface area contributed by atoms with E-state index in [-0.39, 0.29) is 19.2 Å². The van der Waals surface area contributed by atoms with E-state index in [1.54, 1.807) is 29.2 Å². The van der Waals surface area contributed by atoms with Gasteiger partial charge in [-0.25, -0.2) is 4.79 Å². The summed E-state index contributed by atoms with van der Waals surface area (Å²) in [7, 11) is 0. The van der Waals surface area contributed by atoms with E-state index in [4.69, 9.17) is 4.74 Å². The number of alkyl halides is 6. The Hall–Kier alpha value is -3.57. The minimum Gasteiger partial charge on any atom is -0.445 e. The van der Waals surface area contributed by atoms with Crippen molar-refractivity contribution in [1.29, 1.82) is 0 Å². The van der Waals surface area contributed by atoms with Gasteiger partial charge < -0.3 is 9.64 Å². The maximum atomic E-state index is 13.0. The predicted octanol–water partition coefficient (Wildman–Crippen LogP) is 5.14. The van der Waals surface area contributed by atoms with Crippen molar-refractivity contribution in [2.24, 2.45) is 0 Å². The summed E-state index contributed by atoms with van der Waals surface area (Å²) >= 11 is 0. The van der Waals surface area contributed by atoms with Crippen LogP contribution in [0.2, 0.25) is 0 Å². The monoisotopic (exact) mass is 470 g/mol. The van der Waals surface area contributed by atoms with Gasteiger partial charge in [-0.2, -0.15) is 31.4 Å². The molecule has 6 nitrogen and oxygen atoms in total. The molecule has 0 bridgehead atoms. The van der Waals surface area contributed by atoms with Crippen molar-refractivity contribution in [3.63, 3.8) is 0 Å². The largest absolute Gasteiger partial charge is 0.445 e. The van der Waals surface area contributed by atoms with Gasteiger partial charge in [0.2, 0.25) is 0 Å². The normalized spacial score (nSPS) is 14.2. The average molecular weight is 470 g/mol. The molecule has 0 radical (unpaired) electrons. The fourth-order valence-corrected chi connectivity index (χ4v) is 3.42. The lowest BCUT2D eigenvalue weighted by molar-refractivity contribution is -0.143. The standard InChI is InChI=1S/C21H16F6N4O2/c22-20(23,24)15-6-13(7-16(8-15)21(25,26)27)12-33-19(32)30-4-5-31-17(11-30)9-18(29-31)14-2-1-3-28-10-14/h1-3,6-10H,4-5,11-12H2. The summed E-state index contributed by atoms with van der Waals surface area (Å²) in [5, 5.41) is 4.46. The van der Waals surface area contributed by atoms with Crippen LogP contribution in [-0.2, 0) is 36.8 Å². The number of rotatable bonds is 3. The molecule has 4 rings (SSSR count). The van der Waals surface area contributed by atoms with Crippen LogP contribution in [0.5, 0.6) is 0 Å². The van der Waals surface area contributed by atoms with Crippen LogP contribution >= 0.6 is 0 Å². The van der Waals surface area contributed by atoms with Crippen molar-refractivity contribution in [2.75, 3.05) is 6.54 Å². The first-order chi connectivity index (χ1) is 15.5. The molecule has 0 unspecified atom stereocenters. The molecule has 1 aliphatic rings. The highest BCUT2D eigenvalue weighted by Crippen LogP contribution is 2.36. The first-order valence-electron chi connectivity index (χ1n) is 9.68. The van der Waals surface area contributed by atoms with Crippen molar-refractivity contribution in [3.05, 3.63) is 71.2 Å². The molecule has 33 heavy (non-hydrogen) atoms. The lowest BCUT2D eigenvalue weighted by Crippen LogP contribution is -2.38. The summed E-state index contributed by atoms with van der Waals surface area (Å²) < 4.78 is 84.7. The van der Waals surface area contributed by atoms with E-state index in [0.717, 1.165) is 5.56 Å². The van der Waals surface area contributed by atoms with Crippen LogP contribution in [0.15, 0.2) is 48.8 Å². The van der Waals surface area contributed by atoms with Crippen molar-refractivity contribution in [2.45, 2.75) is 32.0 Å². The second kappa shape index (κ2) is 8.41. The third-order valence-corrected chi connectivity index (χ3v) is 5.02. The number of aromatic nitrogens is 3. The highest BCUT2D eigenvalue weighted by atomic mass is 19.4. The molecule has 174 valence electrons. The molecular weight excluding hydrogens is 454 g/mol. The van der Waals surface area contributed by atoms with E-state index in [1.807, 2.05) is 6.07 Å². The third kappa shape index (κ3) is 5.10. The summed E-state index contributed by atoms with van der Waals surface area (Å²) in [5.74, 6) is 0. The fraction of sp³-hybridized carbons (Fsp3) is 0.286. The summed E-state index contributed by atoms with van der Waals surface area (Å²) in [4.78, 5) is 17.8. The SMILES string of the molecule is O=C(OCc1cc(C(F)(F)F)cc(C(F)(F)F)c1)N1CCn2nc(-c3cccnc3)cc2C1. The number of fused-ring (bicyclic) bond motifs is 1. The highest BCUT2D eigenvalue weighted by molar-refractivity contribution is 5.68. The molecule has 1 amide bonds. The molecule has 0 fully saturated rings. The van der Waals surface area contributed by atoms with Crippen LogP contribution in [0.1, 0.15) is 22.4 Å². The fourth-order valence-electron chi connectivity index (χ4n) is 3.42. The van der Waals surface area contributed by atoms with Gasteiger partial charge in [0.25, 0.3) is 0 Å². The Kier molecular flexibility index (Phi) is 5.76. The Bertz CT molecular complexity index is 1130. The molecule has 2 aromatic heterocycles. The van der Waals surface area contributed by atoms with Gasteiger partial charge >= 0.3 is 18.4 Å². The summed E-state index contributed by atoms with van der Waals surface area (Å²) in [6, 6.07) is 6.46. The summed E-state index contributed by atoms with van der Waals surface area (Å²) in [6.45, 7) is -0.0339. The quantitative estimate of drug-likeness (QED) is 0.498. The lowest BCUT2D eigenvalue weighted by atomic mass is 10.1. The highest BCUT2D eigenvalue weighted by Gasteiger charge is 2.37. The van der Waals surface area contributed by atoms with E-state index in [1.165, 1.54) is 4.90 Å². The minimum atomic E-state index is -4.97. The van der Waals surface area contributed by atoms with Crippen LogP contribution in [-0.4, -0.2) is 32.3 Å². The maximum Gasteiger partial charge on any atom is 0.416 e. The molecule has 0 saturated carbocycles. The maximum absolute atomic E-state index is 13.0. The van der Waals surface area contributed by atoms with E-state index in [9.17, 15) is 31.1 Å². The molecule has 3 aromatic rings. The van der Waals surface area contributed by atoms with Crippen LogP contribution < -0.4 is 0 Å². The molecule has 3 heterocycles. The first-order valence-corrected chi connectivity index (χ1v) is 9.68. The number of pyridine rings is 1. The zero-order valence-corrected chi connectivity index (χ0v) is 16.8. The zero-order chi connectivity index (χ0) is 23.8. The molecule has 0 N–H and O–H groups in total. The second-order valence-electron chi connectivity index (χ2n) is 7.38. The molecule has 0 aliphatic carbocycles. The van der Waals surface area contributed by atoms with Crippen LogP contribution in [0.4, 0.5) is 31.1 Å². The Labute approximate surface area is 183 Å². The third-order valence-electron chi connectivity index (χ3n) is 5.02. The smallest absolute Gasteiger partial charge is 0.416 e. The summed E-state index contributed by atoms with van der Waals surface area (Å²) in [6.07, 6.45) is -7.53.